The van der Waals surface area contributed by atoms with E-state index in [0.29, 0.717) is 45.8 Å². The van der Waals surface area contributed by atoms with E-state index in [1.807, 2.05) is 12.1 Å². The van der Waals surface area contributed by atoms with Crippen molar-refractivity contribution in [3.8, 4) is 5.75 Å². The molecule has 0 saturated heterocycles. The summed E-state index contributed by atoms with van der Waals surface area (Å²) in [6.07, 6.45) is 4.43. The monoisotopic (exact) mass is 644 g/mol. The van der Waals surface area contributed by atoms with Gasteiger partial charge < -0.3 is 9.47 Å². The normalized spacial score (nSPS) is 26.1. The molecular formula is C20H23Br3O7S. The summed E-state index contributed by atoms with van der Waals surface area (Å²) in [4.78, 5) is 25.0. The van der Waals surface area contributed by atoms with Gasteiger partial charge in [0.2, 0.25) is 0 Å². The quantitative estimate of drug-likeness (QED) is 0.259. The zero-order valence-electron chi connectivity index (χ0n) is 16.6. The van der Waals surface area contributed by atoms with Gasteiger partial charge in [0.05, 0.1) is 20.8 Å². The summed E-state index contributed by atoms with van der Waals surface area (Å²) in [6, 6.07) is 3.64. The topological polar surface area (TPSA) is 107 Å². The summed E-state index contributed by atoms with van der Waals surface area (Å²) in [6.45, 7) is -0.336. The first-order chi connectivity index (χ1) is 14.5. The SMILES string of the molecule is O=C(OCCS(=O)(=O)O)C1CCC2CC(C(=O)Oc3c(Br)cc(Br)cc3Br)CCC2C1. The Balaban J connectivity index is 1.51. The summed E-state index contributed by atoms with van der Waals surface area (Å²) in [5.41, 5.74) is 0. The third kappa shape index (κ3) is 6.99. The highest BCUT2D eigenvalue weighted by molar-refractivity contribution is 9.11. The van der Waals surface area contributed by atoms with Crippen molar-refractivity contribution in [1.82, 2.24) is 0 Å². The number of hydrogen-bond donors (Lipinski definition) is 1. The number of ether oxygens (including phenoxy) is 2. The smallest absolute Gasteiger partial charge is 0.314 e. The van der Waals surface area contributed by atoms with Gasteiger partial charge in [-0.05, 0) is 94.4 Å². The number of esters is 2. The van der Waals surface area contributed by atoms with Crippen LogP contribution in [0.2, 0.25) is 0 Å². The number of rotatable bonds is 6. The lowest BCUT2D eigenvalue weighted by Crippen LogP contribution is -2.37. The molecule has 1 N–H and O–H groups in total. The predicted octanol–water partition coefficient (Wildman–Crippen LogP) is 5.14. The second-order valence-corrected chi connectivity index (χ2v) is 12.3. The minimum absolute atomic E-state index is 0.179. The van der Waals surface area contributed by atoms with Gasteiger partial charge in [0.25, 0.3) is 10.1 Å². The zero-order valence-corrected chi connectivity index (χ0v) is 22.1. The maximum absolute atomic E-state index is 12.8. The fourth-order valence-corrected chi connectivity index (χ4v) is 7.21. The number of benzene rings is 1. The third-order valence-electron chi connectivity index (χ3n) is 6.03. The molecule has 2 saturated carbocycles. The van der Waals surface area contributed by atoms with E-state index in [-0.39, 0.29) is 24.4 Å². The van der Waals surface area contributed by atoms with Crippen LogP contribution in [0, 0.1) is 23.7 Å². The predicted molar refractivity (Wildman–Crippen MR) is 124 cm³/mol. The fraction of sp³-hybridized carbons (Fsp3) is 0.600. The van der Waals surface area contributed by atoms with E-state index in [4.69, 9.17) is 14.0 Å². The minimum atomic E-state index is -4.14. The fourth-order valence-electron chi connectivity index (χ4n) is 4.49. The van der Waals surface area contributed by atoms with Gasteiger partial charge in [0, 0.05) is 4.47 Å². The van der Waals surface area contributed by atoms with Gasteiger partial charge in [-0.15, -0.1) is 0 Å². The van der Waals surface area contributed by atoms with Gasteiger partial charge in [-0.25, -0.2) is 0 Å². The van der Waals surface area contributed by atoms with Crippen molar-refractivity contribution in [2.45, 2.75) is 38.5 Å². The van der Waals surface area contributed by atoms with Crippen LogP contribution in [0.4, 0.5) is 0 Å². The van der Waals surface area contributed by atoms with E-state index in [1.165, 1.54) is 0 Å². The maximum Gasteiger partial charge on any atom is 0.314 e. The van der Waals surface area contributed by atoms with Crippen LogP contribution in [0.3, 0.4) is 0 Å². The molecule has 0 amide bonds. The van der Waals surface area contributed by atoms with E-state index in [0.717, 1.165) is 23.7 Å². The van der Waals surface area contributed by atoms with Crippen molar-refractivity contribution < 1.29 is 32.0 Å². The van der Waals surface area contributed by atoms with E-state index < -0.39 is 21.8 Å². The Morgan fingerprint density at radius 3 is 1.97 bits per heavy atom. The maximum atomic E-state index is 12.8. The molecule has 2 aliphatic rings. The van der Waals surface area contributed by atoms with Gasteiger partial charge in [0.15, 0.2) is 5.75 Å². The molecule has 0 radical (unpaired) electrons. The standard InChI is InChI=1S/C20H23Br3O7S/c21-15-9-16(22)18(17(23)10-15)30-20(25)14-4-2-11-7-13(3-1-12(11)8-14)19(24)29-5-6-31(26,27)28/h9-14H,1-8H2,(H,26,27,28). The lowest BCUT2D eigenvalue weighted by Gasteiger charge is -2.40. The lowest BCUT2D eigenvalue weighted by atomic mass is 9.65. The Labute approximate surface area is 206 Å². The lowest BCUT2D eigenvalue weighted by molar-refractivity contribution is -0.151. The second kappa shape index (κ2) is 10.6. The van der Waals surface area contributed by atoms with E-state index in [9.17, 15) is 18.0 Å². The Morgan fingerprint density at radius 2 is 1.45 bits per heavy atom. The molecule has 31 heavy (non-hydrogen) atoms. The first-order valence-corrected chi connectivity index (χ1v) is 14.0. The number of halogens is 3. The summed E-state index contributed by atoms with van der Waals surface area (Å²) in [5.74, 6) is -0.531. The molecule has 0 aliphatic heterocycles. The molecule has 0 spiro atoms. The Hall–Kier alpha value is -0.490. The van der Waals surface area contributed by atoms with E-state index in [2.05, 4.69) is 47.8 Å². The average molecular weight is 647 g/mol. The molecule has 2 aliphatic carbocycles. The molecule has 0 bridgehead atoms. The van der Waals surface area contributed by atoms with Crippen molar-refractivity contribution in [3.05, 3.63) is 25.6 Å². The first-order valence-electron chi connectivity index (χ1n) is 10.0. The summed E-state index contributed by atoms with van der Waals surface area (Å²) in [7, 11) is -4.14. The van der Waals surface area contributed by atoms with E-state index in [1.54, 1.807) is 0 Å². The molecule has 7 nitrogen and oxygen atoms in total. The van der Waals surface area contributed by atoms with Crippen LogP contribution in [-0.4, -0.2) is 37.3 Å². The zero-order chi connectivity index (χ0) is 22.8. The number of hydrogen-bond acceptors (Lipinski definition) is 6. The minimum Gasteiger partial charge on any atom is -0.464 e. The van der Waals surface area contributed by atoms with Crippen LogP contribution in [0.15, 0.2) is 25.6 Å². The Kier molecular flexibility index (Phi) is 8.62. The second-order valence-electron chi connectivity index (χ2n) is 8.11. The molecule has 0 aromatic heterocycles. The average Bonchev–Trinajstić information content (AvgIpc) is 2.68. The highest BCUT2D eigenvalue weighted by Crippen LogP contribution is 2.46. The van der Waals surface area contributed by atoms with Gasteiger partial charge in [0.1, 0.15) is 12.4 Å². The van der Waals surface area contributed by atoms with Crippen LogP contribution in [-0.2, 0) is 24.4 Å². The van der Waals surface area contributed by atoms with Gasteiger partial charge in [-0.1, -0.05) is 15.9 Å². The van der Waals surface area contributed by atoms with Crippen molar-refractivity contribution >= 4 is 69.8 Å². The van der Waals surface area contributed by atoms with Gasteiger partial charge >= 0.3 is 11.9 Å². The van der Waals surface area contributed by atoms with Crippen molar-refractivity contribution in [3.63, 3.8) is 0 Å². The molecule has 3 rings (SSSR count). The molecule has 11 heteroatoms. The third-order valence-corrected chi connectivity index (χ3v) is 8.35. The summed E-state index contributed by atoms with van der Waals surface area (Å²) in [5, 5.41) is 0. The van der Waals surface area contributed by atoms with E-state index >= 15 is 0 Å². The first kappa shape index (κ1) is 25.1. The highest BCUT2D eigenvalue weighted by atomic mass is 79.9. The van der Waals surface area contributed by atoms with Gasteiger partial charge in [-0.2, -0.15) is 8.42 Å². The van der Waals surface area contributed by atoms with Gasteiger partial charge in [-0.3, -0.25) is 14.1 Å². The number of fused-ring (bicyclic) bond motifs is 1. The Morgan fingerprint density at radius 1 is 0.935 bits per heavy atom. The van der Waals surface area contributed by atoms with Crippen LogP contribution in [0.25, 0.3) is 0 Å². The molecule has 0 heterocycles. The van der Waals surface area contributed by atoms with Crippen LogP contribution < -0.4 is 4.74 Å². The van der Waals surface area contributed by atoms with Crippen molar-refractivity contribution in [2.75, 3.05) is 12.4 Å². The van der Waals surface area contributed by atoms with Crippen LogP contribution in [0.5, 0.6) is 5.75 Å². The van der Waals surface area contributed by atoms with Crippen molar-refractivity contribution in [1.29, 1.82) is 0 Å². The highest BCUT2D eigenvalue weighted by Gasteiger charge is 2.40. The number of carbonyl (C=O) groups is 2. The molecule has 2 fully saturated rings. The molecule has 172 valence electrons. The molecule has 1 aromatic rings. The molecule has 1 aromatic carbocycles. The summed E-state index contributed by atoms with van der Waals surface area (Å²) < 4.78 is 43.2. The van der Waals surface area contributed by atoms with Crippen molar-refractivity contribution in [2.24, 2.45) is 23.7 Å². The van der Waals surface area contributed by atoms with Crippen LogP contribution >= 0.6 is 47.8 Å². The molecule has 4 atom stereocenters. The van der Waals surface area contributed by atoms with Crippen LogP contribution in [0.1, 0.15) is 38.5 Å². The molecule has 4 unspecified atom stereocenters. The largest absolute Gasteiger partial charge is 0.464 e. The Bertz CT molecular complexity index is 927. The summed E-state index contributed by atoms with van der Waals surface area (Å²) >= 11 is 10.2. The molecular weight excluding hydrogens is 624 g/mol. The number of carbonyl (C=O) groups excluding carboxylic acids is 2.